The number of amides is 1. The van der Waals surface area contributed by atoms with Crippen LogP contribution in [0.5, 0.6) is 5.75 Å². The molecule has 1 heterocycles. The van der Waals surface area contributed by atoms with Crippen LogP contribution in [-0.2, 0) is 24.8 Å². The van der Waals surface area contributed by atoms with Gasteiger partial charge in [-0.3, -0.25) is 13.8 Å². The first-order valence-corrected chi connectivity index (χ1v) is 13.6. The van der Waals surface area contributed by atoms with Crippen molar-refractivity contribution < 1.29 is 26.4 Å². The van der Waals surface area contributed by atoms with Crippen molar-refractivity contribution in [2.24, 2.45) is 0 Å². The van der Waals surface area contributed by atoms with Gasteiger partial charge in [-0.05, 0) is 55.5 Å². The van der Waals surface area contributed by atoms with E-state index in [-0.39, 0.29) is 17.2 Å². The monoisotopic (exact) mass is 501 g/mol. The zero-order valence-electron chi connectivity index (χ0n) is 18.4. The molecule has 0 saturated heterocycles. The standard InChI is InChI=1S/C23H23N3O6S2/c1-16-7-9-18(10-8-16)25-34(30,31)19-13-11-17(12-14-19)24-23(27)22-15-26(33(2,28)29)20-5-3-4-6-21(20)32-22/h3-14,22,25H,15H2,1-2H3,(H,24,27)/t22-/m0/s1. The molecule has 1 atom stereocenters. The summed E-state index contributed by atoms with van der Waals surface area (Å²) in [6.07, 6.45) is -0.0235. The molecular weight excluding hydrogens is 478 g/mol. The highest BCUT2D eigenvalue weighted by Gasteiger charge is 2.34. The number of anilines is 3. The maximum Gasteiger partial charge on any atom is 0.267 e. The molecule has 3 aromatic rings. The molecule has 9 nitrogen and oxygen atoms in total. The van der Waals surface area contributed by atoms with E-state index in [4.69, 9.17) is 4.74 Å². The van der Waals surface area contributed by atoms with Crippen LogP contribution in [0.1, 0.15) is 5.56 Å². The number of hydrogen-bond acceptors (Lipinski definition) is 6. The van der Waals surface area contributed by atoms with Crippen LogP contribution in [0.2, 0.25) is 0 Å². The molecule has 0 unspecified atom stereocenters. The molecule has 11 heteroatoms. The lowest BCUT2D eigenvalue weighted by atomic mass is 10.2. The number of nitrogens with one attached hydrogen (secondary N) is 2. The first-order valence-electron chi connectivity index (χ1n) is 10.3. The number of sulfonamides is 2. The van der Waals surface area contributed by atoms with Gasteiger partial charge in [-0.1, -0.05) is 29.8 Å². The number of nitrogens with zero attached hydrogens (tertiary/aromatic N) is 1. The summed E-state index contributed by atoms with van der Waals surface area (Å²) in [7, 11) is -7.44. The summed E-state index contributed by atoms with van der Waals surface area (Å²) in [4.78, 5) is 12.8. The van der Waals surface area contributed by atoms with Crippen LogP contribution in [0.3, 0.4) is 0 Å². The van der Waals surface area contributed by atoms with E-state index in [0.717, 1.165) is 16.1 Å². The summed E-state index contributed by atoms with van der Waals surface area (Å²) >= 11 is 0. The van der Waals surface area contributed by atoms with Crippen LogP contribution in [0.25, 0.3) is 0 Å². The van der Waals surface area contributed by atoms with Crippen LogP contribution < -0.4 is 19.1 Å². The zero-order chi connectivity index (χ0) is 24.5. The highest BCUT2D eigenvalue weighted by molar-refractivity contribution is 7.92. The van der Waals surface area contributed by atoms with E-state index in [1.807, 2.05) is 6.92 Å². The minimum Gasteiger partial charge on any atom is -0.476 e. The van der Waals surface area contributed by atoms with Gasteiger partial charge in [-0.2, -0.15) is 0 Å². The lowest BCUT2D eigenvalue weighted by Gasteiger charge is -2.33. The molecule has 0 saturated carbocycles. The van der Waals surface area contributed by atoms with E-state index in [1.54, 1.807) is 48.5 Å². The molecule has 3 aromatic carbocycles. The van der Waals surface area contributed by atoms with Gasteiger partial charge in [0.1, 0.15) is 5.75 Å². The Labute approximate surface area is 198 Å². The van der Waals surface area contributed by atoms with Gasteiger partial charge in [0.2, 0.25) is 10.0 Å². The highest BCUT2D eigenvalue weighted by atomic mass is 32.2. The molecule has 34 heavy (non-hydrogen) atoms. The second-order valence-corrected chi connectivity index (χ2v) is 11.4. The van der Waals surface area contributed by atoms with Crippen molar-refractivity contribution in [2.75, 3.05) is 27.1 Å². The quantitative estimate of drug-likeness (QED) is 0.536. The Morgan fingerprint density at radius 3 is 2.18 bits per heavy atom. The summed E-state index contributed by atoms with van der Waals surface area (Å²) < 4.78 is 59.1. The predicted octanol–water partition coefficient (Wildman–Crippen LogP) is 2.96. The molecular formula is C23H23N3O6S2. The maximum atomic E-state index is 12.8. The largest absolute Gasteiger partial charge is 0.476 e. The fourth-order valence-electron chi connectivity index (χ4n) is 3.43. The van der Waals surface area contributed by atoms with Gasteiger partial charge in [-0.25, -0.2) is 16.8 Å². The average molecular weight is 502 g/mol. The van der Waals surface area contributed by atoms with Crippen LogP contribution >= 0.6 is 0 Å². The van der Waals surface area contributed by atoms with Crippen molar-refractivity contribution in [2.45, 2.75) is 17.9 Å². The van der Waals surface area contributed by atoms with Gasteiger partial charge in [-0.15, -0.1) is 0 Å². The summed E-state index contributed by atoms with van der Waals surface area (Å²) in [6, 6.07) is 19.1. The molecule has 1 amide bonds. The molecule has 0 aromatic heterocycles. The number of fused-ring (bicyclic) bond motifs is 1. The van der Waals surface area contributed by atoms with E-state index < -0.39 is 32.1 Å². The average Bonchev–Trinajstić information content (AvgIpc) is 2.79. The lowest BCUT2D eigenvalue weighted by molar-refractivity contribution is -0.122. The predicted molar refractivity (Wildman–Crippen MR) is 130 cm³/mol. The van der Waals surface area contributed by atoms with Gasteiger partial charge in [0.25, 0.3) is 15.9 Å². The van der Waals surface area contributed by atoms with Crippen molar-refractivity contribution in [1.82, 2.24) is 0 Å². The first-order chi connectivity index (χ1) is 16.0. The number of aryl methyl sites for hydroxylation is 1. The molecule has 2 N–H and O–H groups in total. The highest BCUT2D eigenvalue weighted by Crippen LogP contribution is 2.34. The molecule has 0 spiro atoms. The Hall–Kier alpha value is -3.57. The van der Waals surface area contributed by atoms with Gasteiger partial charge in [0.15, 0.2) is 6.10 Å². The smallest absolute Gasteiger partial charge is 0.267 e. The lowest BCUT2D eigenvalue weighted by Crippen LogP contribution is -2.48. The Morgan fingerprint density at radius 2 is 1.53 bits per heavy atom. The molecule has 0 aliphatic carbocycles. The Morgan fingerprint density at radius 1 is 0.912 bits per heavy atom. The van der Waals surface area contributed by atoms with E-state index in [2.05, 4.69) is 10.0 Å². The Bertz CT molecular complexity index is 1420. The number of carbonyl (C=O) groups excluding carboxylic acids is 1. The number of rotatable bonds is 6. The number of para-hydroxylation sites is 2. The number of hydrogen-bond donors (Lipinski definition) is 2. The summed E-state index contributed by atoms with van der Waals surface area (Å²) in [5.41, 5.74) is 2.15. The van der Waals surface area contributed by atoms with Gasteiger partial charge in [0.05, 0.1) is 23.4 Å². The van der Waals surface area contributed by atoms with Crippen LogP contribution in [0.15, 0.2) is 77.7 Å². The number of ether oxygens (including phenoxy) is 1. The van der Waals surface area contributed by atoms with Crippen molar-refractivity contribution in [1.29, 1.82) is 0 Å². The molecule has 0 bridgehead atoms. The van der Waals surface area contributed by atoms with E-state index in [9.17, 15) is 21.6 Å². The molecule has 1 aliphatic heterocycles. The van der Waals surface area contributed by atoms with Gasteiger partial charge in [0, 0.05) is 11.4 Å². The van der Waals surface area contributed by atoms with Crippen LogP contribution in [0, 0.1) is 6.92 Å². The summed E-state index contributed by atoms with van der Waals surface area (Å²) in [5.74, 6) is -0.278. The second kappa shape index (κ2) is 8.99. The third-order valence-electron chi connectivity index (χ3n) is 5.16. The fourth-order valence-corrected chi connectivity index (χ4v) is 5.40. The minimum absolute atomic E-state index is 0.0252. The maximum absolute atomic E-state index is 12.8. The molecule has 0 radical (unpaired) electrons. The molecule has 4 rings (SSSR count). The fraction of sp³-hybridized carbons (Fsp3) is 0.174. The van der Waals surface area contributed by atoms with Crippen molar-refractivity contribution in [3.8, 4) is 5.75 Å². The van der Waals surface area contributed by atoms with Crippen molar-refractivity contribution in [3.05, 3.63) is 78.4 Å². The van der Waals surface area contributed by atoms with E-state index in [0.29, 0.717) is 17.1 Å². The second-order valence-electron chi connectivity index (χ2n) is 7.85. The zero-order valence-corrected chi connectivity index (χ0v) is 20.1. The van der Waals surface area contributed by atoms with Crippen LogP contribution in [-0.4, -0.2) is 41.6 Å². The van der Waals surface area contributed by atoms with Gasteiger partial charge < -0.3 is 10.1 Å². The topological polar surface area (TPSA) is 122 Å². The number of benzene rings is 3. The first kappa shape index (κ1) is 23.6. The normalized spacial score (nSPS) is 15.7. The summed E-state index contributed by atoms with van der Waals surface area (Å²) in [5, 5.41) is 2.65. The Balaban J connectivity index is 1.47. The third-order valence-corrected chi connectivity index (χ3v) is 7.71. The van der Waals surface area contributed by atoms with Crippen molar-refractivity contribution in [3.63, 3.8) is 0 Å². The Kier molecular flexibility index (Phi) is 6.24. The van der Waals surface area contributed by atoms with E-state index in [1.165, 1.54) is 24.3 Å². The van der Waals surface area contributed by atoms with Crippen molar-refractivity contribution >= 4 is 43.0 Å². The van der Waals surface area contributed by atoms with E-state index >= 15 is 0 Å². The molecule has 0 fully saturated rings. The molecule has 1 aliphatic rings. The molecule has 178 valence electrons. The minimum atomic E-state index is -3.81. The third kappa shape index (κ3) is 5.15. The SMILES string of the molecule is Cc1ccc(NS(=O)(=O)c2ccc(NC(=O)[C@@H]3CN(S(C)(=O)=O)c4ccccc4O3)cc2)cc1. The van der Waals surface area contributed by atoms with Crippen LogP contribution in [0.4, 0.5) is 17.1 Å². The summed E-state index contributed by atoms with van der Waals surface area (Å²) in [6.45, 7) is 1.72. The van der Waals surface area contributed by atoms with Gasteiger partial charge >= 0.3 is 0 Å². The number of carbonyl (C=O) groups is 1.